The second-order valence-corrected chi connectivity index (χ2v) is 14.1. The fourth-order valence-corrected chi connectivity index (χ4v) is 3.75. The number of amides is 2. The van der Waals surface area contributed by atoms with Gasteiger partial charge in [-0.15, -0.1) is 0 Å². The van der Waals surface area contributed by atoms with Gasteiger partial charge in [0.2, 0.25) is 11.8 Å². The van der Waals surface area contributed by atoms with Gasteiger partial charge in [-0.3, -0.25) is 14.4 Å². The van der Waals surface area contributed by atoms with Crippen molar-refractivity contribution in [2.75, 3.05) is 0 Å². The summed E-state index contributed by atoms with van der Waals surface area (Å²) in [6.07, 6.45) is 8.02. The number of carboxylic acids is 2. The average molecular weight is 905 g/mol. The molecule has 0 aromatic heterocycles. The molecular weight excluding hydrogens is 827 g/mol. The first-order valence-corrected chi connectivity index (χ1v) is 22.0. The van der Waals surface area contributed by atoms with Crippen molar-refractivity contribution in [3.8, 4) is 0 Å². The summed E-state index contributed by atoms with van der Waals surface area (Å²) in [5.41, 5.74) is 4.07. The Morgan fingerprint density at radius 2 is 0.902 bits per heavy atom. The molecule has 0 spiro atoms. The van der Waals surface area contributed by atoms with Crippen molar-refractivity contribution in [1.29, 1.82) is 0 Å². The zero-order chi connectivity index (χ0) is 47.5. The number of hydrogen-bond donors (Lipinski definition) is 4. The van der Waals surface area contributed by atoms with Gasteiger partial charge in [-0.05, 0) is 88.0 Å². The summed E-state index contributed by atoms with van der Waals surface area (Å²) >= 11 is 3.78. The number of rotatable bonds is 13. The SMILES string of the molecule is C=CC(=O)NC(C)C.C=CC(=O)O.C=Cc1ccccc1.CCC(C)C(=O)NC(C)C.CCC(C)C(=O)O.CCC(C)c1ccccc1.CCC(C)c1ccccc1.[K+].[P-]=S. The maximum absolute atomic E-state index is 11.1. The van der Waals surface area contributed by atoms with Crippen molar-refractivity contribution in [2.45, 2.75) is 133 Å². The molecule has 0 aliphatic carbocycles. The van der Waals surface area contributed by atoms with E-state index in [1.807, 2.05) is 84.9 Å². The second-order valence-electron chi connectivity index (χ2n) is 14.1. The van der Waals surface area contributed by atoms with Crippen LogP contribution >= 0.6 is 8.02 Å². The summed E-state index contributed by atoms with van der Waals surface area (Å²) < 4.78 is 0. The third-order valence-corrected chi connectivity index (χ3v) is 8.31. The van der Waals surface area contributed by atoms with Gasteiger partial charge in [0.05, 0.1) is 5.92 Å². The van der Waals surface area contributed by atoms with Gasteiger partial charge >= 0.3 is 63.3 Å². The molecule has 0 saturated heterocycles. The number of hydrogen-bond acceptors (Lipinski definition) is 5. The Bertz CT molecular complexity index is 1470. The maximum Gasteiger partial charge on any atom is 1.00 e. The zero-order valence-corrected chi connectivity index (χ0v) is 44.5. The number of carbonyl (C=O) groups excluding carboxylic acids is 2. The van der Waals surface area contributed by atoms with E-state index in [-0.39, 0.29) is 87.1 Å². The average Bonchev–Trinajstić information content (AvgIpc) is 3.27. The summed E-state index contributed by atoms with van der Waals surface area (Å²) in [4.78, 5) is 40.6. The summed E-state index contributed by atoms with van der Waals surface area (Å²) in [7, 11) is 3.11. The molecule has 0 aliphatic heterocycles. The van der Waals surface area contributed by atoms with Gasteiger partial charge in [0.15, 0.2) is 0 Å². The van der Waals surface area contributed by atoms with Gasteiger partial charge in [-0.1, -0.05) is 172 Å². The summed E-state index contributed by atoms with van der Waals surface area (Å²) in [5, 5.41) is 21.3. The van der Waals surface area contributed by atoms with Crippen molar-refractivity contribution in [1.82, 2.24) is 10.6 Å². The van der Waals surface area contributed by atoms with Crippen LogP contribution in [0.3, 0.4) is 0 Å². The fourth-order valence-electron chi connectivity index (χ4n) is 3.75. The second kappa shape index (κ2) is 49.6. The number of benzene rings is 3. The fraction of sp³-hybridized carbons (Fsp3) is 0.440. The predicted octanol–water partition coefficient (Wildman–Crippen LogP) is 10.2. The molecule has 0 heterocycles. The number of carbonyl (C=O) groups is 4. The Balaban J connectivity index is -0.000000145. The first-order valence-electron chi connectivity index (χ1n) is 20.6. The Morgan fingerprint density at radius 1 is 0.574 bits per heavy atom. The maximum atomic E-state index is 11.1. The van der Waals surface area contributed by atoms with Crippen LogP contribution in [-0.4, -0.2) is 46.0 Å². The molecule has 3 rings (SSSR count). The number of nitrogens with one attached hydrogen (secondary N) is 2. The number of carboxylic acid groups (broad SMARTS) is 2. The van der Waals surface area contributed by atoms with Crippen molar-refractivity contribution >= 4 is 49.7 Å². The molecule has 8 nitrogen and oxygen atoms in total. The normalized spacial score (nSPS) is 10.9. The zero-order valence-electron chi connectivity index (χ0n) is 39.7. The summed E-state index contributed by atoms with van der Waals surface area (Å²) in [5.74, 6) is -0.241. The minimum atomic E-state index is -0.981. The first kappa shape index (κ1) is 69.6. The van der Waals surface area contributed by atoms with Crippen molar-refractivity contribution in [2.24, 2.45) is 11.8 Å². The van der Waals surface area contributed by atoms with Crippen LogP contribution in [0.1, 0.15) is 137 Å². The minimum absolute atomic E-state index is 0. The molecule has 336 valence electrons. The van der Waals surface area contributed by atoms with Crippen LogP contribution in [0.15, 0.2) is 123 Å². The topological polar surface area (TPSA) is 133 Å². The van der Waals surface area contributed by atoms with Gasteiger partial charge in [-0.2, -0.15) is 0 Å². The van der Waals surface area contributed by atoms with E-state index < -0.39 is 11.9 Å². The Hall–Kier alpha value is -3.08. The van der Waals surface area contributed by atoms with E-state index in [1.54, 1.807) is 6.92 Å². The molecule has 4 N–H and O–H groups in total. The summed E-state index contributed by atoms with van der Waals surface area (Å²) in [6, 6.07) is 31.8. The van der Waals surface area contributed by atoms with Crippen LogP contribution in [0, 0.1) is 11.8 Å². The standard InChI is InChI=1S/2C10H14.C8H17NO.C8H8.C6H11NO.C5H10O2.C3H4O2.K.PS/c2*1-3-9(2)10-7-5-4-6-8-10;1-5-7(4)8(10)9-6(2)3;1-2-8-6-4-3-5-7-8;1-4-6(8)7-5(2)3;1-3-4(2)5(6)7;1-2-3(4)5;;1-2/h2*4-9H,3H2,1-2H3;6-7H,5H2,1-4H3,(H,9,10);2-7H,1H2;4-5H,1H2,2-3H3,(H,7,8);4H,3H2,1-2H3,(H,6,7);2H,1H2,(H,4,5);;/q;;;;;;;+1;-1. The quantitative estimate of drug-likeness (QED) is 0.0763. The molecule has 0 fully saturated rings. The summed E-state index contributed by atoms with van der Waals surface area (Å²) in [6.45, 7) is 34.1. The van der Waals surface area contributed by atoms with Crippen molar-refractivity contribution < 1.29 is 80.8 Å². The van der Waals surface area contributed by atoms with Crippen LogP contribution in [0.2, 0.25) is 0 Å². The van der Waals surface area contributed by atoms with E-state index in [0.717, 1.165) is 18.9 Å². The molecule has 0 radical (unpaired) electrons. The molecule has 3 aromatic rings. The first-order chi connectivity index (χ1) is 28.3. The minimum Gasteiger partial charge on any atom is -0.645 e. The van der Waals surface area contributed by atoms with Gasteiger partial charge < -0.3 is 40.7 Å². The molecule has 61 heavy (non-hydrogen) atoms. The predicted molar refractivity (Wildman–Crippen MR) is 262 cm³/mol. The third-order valence-electron chi connectivity index (χ3n) is 8.31. The molecule has 3 aromatic carbocycles. The molecule has 0 saturated carbocycles. The monoisotopic (exact) mass is 904 g/mol. The van der Waals surface area contributed by atoms with Crippen LogP contribution in [0.25, 0.3) is 6.08 Å². The van der Waals surface area contributed by atoms with Crippen LogP contribution < -0.4 is 62.0 Å². The Kier molecular flexibility index (Phi) is 56.6. The van der Waals surface area contributed by atoms with Crippen LogP contribution in [0.4, 0.5) is 0 Å². The number of aliphatic carboxylic acids is 2. The molecule has 0 bridgehead atoms. The van der Waals surface area contributed by atoms with Crippen molar-refractivity contribution in [3.63, 3.8) is 0 Å². The molecule has 4 atom stereocenters. The molecule has 4 unspecified atom stereocenters. The van der Waals surface area contributed by atoms with Gasteiger partial charge in [-0.25, -0.2) is 4.79 Å². The largest absolute Gasteiger partial charge is 1.00 e. The van der Waals surface area contributed by atoms with E-state index in [9.17, 15) is 19.2 Å². The van der Waals surface area contributed by atoms with Gasteiger partial charge in [0.25, 0.3) is 0 Å². The smallest absolute Gasteiger partial charge is 0.645 e. The third kappa shape index (κ3) is 49.5. The van der Waals surface area contributed by atoms with E-state index in [4.69, 9.17) is 10.2 Å². The van der Waals surface area contributed by atoms with Crippen LogP contribution in [-0.2, 0) is 31.0 Å². The van der Waals surface area contributed by atoms with E-state index >= 15 is 0 Å². The van der Waals surface area contributed by atoms with Gasteiger partial charge in [0.1, 0.15) is 0 Å². The van der Waals surface area contributed by atoms with Crippen LogP contribution in [0.5, 0.6) is 0 Å². The molecular formula is C50H78KN2O6PS. The van der Waals surface area contributed by atoms with E-state index in [0.29, 0.717) is 11.8 Å². The van der Waals surface area contributed by atoms with E-state index in [2.05, 4.69) is 139 Å². The van der Waals surface area contributed by atoms with Crippen molar-refractivity contribution in [3.05, 3.63) is 140 Å². The Labute approximate surface area is 421 Å². The molecule has 11 heteroatoms. The Morgan fingerprint density at radius 3 is 1.08 bits per heavy atom. The molecule has 2 amide bonds. The molecule has 0 aliphatic rings. The van der Waals surface area contributed by atoms with E-state index in [1.165, 1.54) is 35.6 Å². The van der Waals surface area contributed by atoms with Gasteiger partial charge in [0, 0.05) is 24.1 Å².